The Kier molecular flexibility index (Phi) is 6.96. The van der Waals surface area contributed by atoms with Gasteiger partial charge in [0.25, 0.3) is 5.91 Å². The van der Waals surface area contributed by atoms with Gasteiger partial charge in [0.1, 0.15) is 18.5 Å². The maximum Gasteiger partial charge on any atom is 0.251 e. The standard InChI is InChI=1S/C18H23Cl2NO3/c1-3-8-24-17-11-16(20)15(19)10-14(17)9-13-4-6-21(7-5-13)18(23)12(2)22/h3,10-13,22H,1,4-9H2,2H3. The van der Waals surface area contributed by atoms with Crippen molar-refractivity contribution in [2.24, 2.45) is 5.92 Å². The Morgan fingerprint density at radius 2 is 2.04 bits per heavy atom. The molecule has 0 aliphatic carbocycles. The number of benzene rings is 1. The number of aliphatic hydroxyl groups excluding tert-OH is 1. The molecule has 0 radical (unpaired) electrons. The van der Waals surface area contributed by atoms with Gasteiger partial charge in [-0.3, -0.25) is 4.79 Å². The molecule has 4 nitrogen and oxygen atoms in total. The molecule has 1 fully saturated rings. The van der Waals surface area contributed by atoms with Crippen LogP contribution in [0, 0.1) is 5.92 Å². The fourth-order valence-corrected chi connectivity index (χ4v) is 3.28. The van der Waals surface area contributed by atoms with E-state index in [2.05, 4.69) is 6.58 Å². The highest BCUT2D eigenvalue weighted by molar-refractivity contribution is 6.42. The summed E-state index contributed by atoms with van der Waals surface area (Å²) in [4.78, 5) is 13.6. The van der Waals surface area contributed by atoms with Gasteiger partial charge in [-0.2, -0.15) is 0 Å². The second kappa shape index (κ2) is 8.75. The lowest BCUT2D eigenvalue weighted by Crippen LogP contribution is -2.43. The number of ether oxygens (including phenoxy) is 1. The number of carbonyl (C=O) groups is 1. The Labute approximate surface area is 153 Å². The molecule has 1 saturated heterocycles. The summed E-state index contributed by atoms with van der Waals surface area (Å²) in [6.45, 7) is 6.90. The van der Waals surface area contributed by atoms with Crippen LogP contribution in [0.5, 0.6) is 5.75 Å². The topological polar surface area (TPSA) is 49.8 Å². The lowest BCUT2D eigenvalue weighted by atomic mass is 9.89. The molecule has 24 heavy (non-hydrogen) atoms. The summed E-state index contributed by atoms with van der Waals surface area (Å²) in [7, 11) is 0. The summed E-state index contributed by atoms with van der Waals surface area (Å²) in [5.74, 6) is 0.969. The van der Waals surface area contributed by atoms with E-state index >= 15 is 0 Å². The molecule has 1 aliphatic heterocycles. The third-order valence-electron chi connectivity index (χ3n) is 4.25. The van der Waals surface area contributed by atoms with E-state index in [1.807, 2.05) is 6.07 Å². The molecule has 132 valence electrons. The number of halogens is 2. The zero-order valence-electron chi connectivity index (χ0n) is 13.8. The first-order chi connectivity index (χ1) is 11.4. The Balaban J connectivity index is 2.02. The molecule has 1 aromatic carbocycles. The Hall–Kier alpha value is -1.23. The minimum absolute atomic E-state index is 0.196. The average Bonchev–Trinajstić information content (AvgIpc) is 2.56. The Bertz CT molecular complexity index is 596. The van der Waals surface area contributed by atoms with E-state index in [0.717, 1.165) is 30.6 Å². The van der Waals surface area contributed by atoms with Gasteiger partial charge in [0.15, 0.2) is 0 Å². The monoisotopic (exact) mass is 371 g/mol. The van der Waals surface area contributed by atoms with Gasteiger partial charge in [0.05, 0.1) is 10.0 Å². The number of hydrogen-bond acceptors (Lipinski definition) is 3. The van der Waals surface area contributed by atoms with Crippen molar-refractivity contribution in [2.75, 3.05) is 19.7 Å². The van der Waals surface area contributed by atoms with Crippen LogP contribution < -0.4 is 4.74 Å². The fourth-order valence-electron chi connectivity index (χ4n) is 2.95. The van der Waals surface area contributed by atoms with E-state index in [1.54, 1.807) is 17.0 Å². The summed E-state index contributed by atoms with van der Waals surface area (Å²) in [5.41, 5.74) is 1.02. The number of aliphatic hydroxyl groups is 1. The van der Waals surface area contributed by atoms with Crippen molar-refractivity contribution in [1.29, 1.82) is 0 Å². The second-order valence-corrected chi connectivity index (χ2v) is 6.94. The number of carbonyl (C=O) groups excluding carboxylic acids is 1. The van der Waals surface area contributed by atoms with Crippen LogP contribution in [0.1, 0.15) is 25.3 Å². The molecular weight excluding hydrogens is 349 g/mol. The first-order valence-electron chi connectivity index (χ1n) is 8.10. The summed E-state index contributed by atoms with van der Waals surface area (Å²) < 4.78 is 5.70. The molecule has 1 aromatic rings. The van der Waals surface area contributed by atoms with Crippen molar-refractivity contribution < 1.29 is 14.6 Å². The number of amides is 1. The zero-order chi connectivity index (χ0) is 17.7. The smallest absolute Gasteiger partial charge is 0.251 e. The highest BCUT2D eigenvalue weighted by Gasteiger charge is 2.26. The normalized spacial score (nSPS) is 16.8. The van der Waals surface area contributed by atoms with Crippen LogP contribution in [-0.2, 0) is 11.2 Å². The van der Waals surface area contributed by atoms with Gasteiger partial charge in [0, 0.05) is 19.2 Å². The van der Waals surface area contributed by atoms with Crippen molar-refractivity contribution in [3.05, 3.63) is 40.4 Å². The van der Waals surface area contributed by atoms with Crippen LogP contribution in [0.25, 0.3) is 0 Å². The molecule has 0 aromatic heterocycles. The SMILES string of the molecule is C=CCOc1cc(Cl)c(Cl)cc1CC1CCN(C(=O)C(C)O)CC1. The predicted molar refractivity (Wildman–Crippen MR) is 96.8 cm³/mol. The van der Waals surface area contributed by atoms with Gasteiger partial charge < -0.3 is 14.7 Å². The molecule has 1 N–H and O–H groups in total. The molecule has 1 unspecified atom stereocenters. The lowest BCUT2D eigenvalue weighted by Gasteiger charge is -2.33. The minimum Gasteiger partial charge on any atom is -0.489 e. The van der Waals surface area contributed by atoms with Crippen molar-refractivity contribution in [1.82, 2.24) is 4.90 Å². The number of piperidine rings is 1. The number of nitrogens with zero attached hydrogens (tertiary/aromatic N) is 1. The third-order valence-corrected chi connectivity index (χ3v) is 4.97. The third kappa shape index (κ3) is 4.88. The van der Waals surface area contributed by atoms with Crippen LogP contribution in [0.4, 0.5) is 0 Å². The van der Waals surface area contributed by atoms with E-state index in [0.29, 0.717) is 35.7 Å². The quantitative estimate of drug-likeness (QED) is 0.775. The molecule has 0 saturated carbocycles. The van der Waals surface area contributed by atoms with E-state index in [-0.39, 0.29) is 5.91 Å². The molecule has 1 heterocycles. The predicted octanol–water partition coefficient (Wildman–Crippen LogP) is 3.72. The van der Waals surface area contributed by atoms with Gasteiger partial charge in [-0.1, -0.05) is 35.9 Å². The van der Waals surface area contributed by atoms with Crippen LogP contribution in [0.2, 0.25) is 10.0 Å². The average molecular weight is 372 g/mol. The first kappa shape index (κ1) is 19.1. The van der Waals surface area contributed by atoms with Gasteiger partial charge >= 0.3 is 0 Å². The van der Waals surface area contributed by atoms with Gasteiger partial charge in [-0.05, 0) is 43.7 Å². The number of hydrogen-bond donors (Lipinski definition) is 1. The van der Waals surface area contributed by atoms with Crippen molar-refractivity contribution >= 4 is 29.1 Å². The summed E-state index contributed by atoms with van der Waals surface area (Å²) in [6.07, 6.45) is 3.35. The molecule has 1 atom stereocenters. The molecule has 0 spiro atoms. The highest BCUT2D eigenvalue weighted by atomic mass is 35.5. The summed E-state index contributed by atoms with van der Waals surface area (Å²) in [6, 6.07) is 3.60. The van der Waals surface area contributed by atoms with Gasteiger partial charge in [-0.25, -0.2) is 0 Å². The lowest BCUT2D eigenvalue weighted by molar-refractivity contribution is -0.140. The van der Waals surface area contributed by atoms with Crippen LogP contribution >= 0.6 is 23.2 Å². The molecular formula is C18H23Cl2NO3. The van der Waals surface area contributed by atoms with Crippen molar-refractivity contribution in [2.45, 2.75) is 32.3 Å². The zero-order valence-corrected chi connectivity index (χ0v) is 15.3. The summed E-state index contributed by atoms with van der Waals surface area (Å²) in [5, 5.41) is 10.4. The molecule has 2 rings (SSSR count). The van der Waals surface area contributed by atoms with E-state index < -0.39 is 6.10 Å². The van der Waals surface area contributed by atoms with Crippen molar-refractivity contribution in [3.8, 4) is 5.75 Å². The Morgan fingerprint density at radius 1 is 1.42 bits per heavy atom. The Morgan fingerprint density at radius 3 is 2.62 bits per heavy atom. The maximum atomic E-state index is 11.8. The van der Waals surface area contributed by atoms with Gasteiger partial charge in [-0.15, -0.1) is 0 Å². The largest absolute Gasteiger partial charge is 0.489 e. The molecule has 1 amide bonds. The van der Waals surface area contributed by atoms with Crippen LogP contribution in [-0.4, -0.2) is 41.7 Å². The minimum atomic E-state index is -0.935. The molecule has 6 heteroatoms. The van der Waals surface area contributed by atoms with Crippen molar-refractivity contribution in [3.63, 3.8) is 0 Å². The molecule has 1 aliphatic rings. The highest BCUT2D eigenvalue weighted by Crippen LogP contribution is 2.34. The number of likely N-dealkylation sites (tertiary alicyclic amines) is 1. The van der Waals surface area contributed by atoms with Gasteiger partial charge in [0.2, 0.25) is 0 Å². The maximum absolute atomic E-state index is 11.8. The van der Waals surface area contributed by atoms with Crippen LogP contribution in [0.15, 0.2) is 24.8 Å². The first-order valence-corrected chi connectivity index (χ1v) is 8.86. The summed E-state index contributed by atoms with van der Waals surface area (Å²) >= 11 is 12.2. The number of rotatable bonds is 6. The second-order valence-electron chi connectivity index (χ2n) is 6.12. The van der Waals surface area contributed by atoms with Crippen LogP contribution in [0.3, 0.4) is 0 Å². The van der Waals surface area contributed by atoms with E-state index in [4.69, 9.17) is 27.9 Å². The van der Waals surface area contributed by atoms with E-state index in [9.17, 15) is 9.90 Å². The van der Waals surface area contributed by atoms with E-state index in [1.165, 1.54) is 6.92 Å². The molecule has 0 bridgehead atoms. The fraction of sp³-hybridized carbons (Fsp3) is 0.500.